The summed E-state index contributed by atoms with van der Waals surface area (Å²) >= 11 is 0. The Bertz CT molecular complexity index is 1180. The number of carbonyl (C=O) groups is 2. The van der Waals surface area contributed by atoms with E-state index in [1.165, 1.54) is 11.0 Å². The molecule has 3 aromatic rings. The van der Waals surface area contributed by atoms with Gasteiger partial charge in [-0.2, -0.15) is 0 Å². The normalized spacial score (nSPS) is 13.7. The first kappa shape index (κ1) is 23.3. The maximum Gasteiger partial charge on any atom is 0.250 e. The van der Waals surface area contributed by atoms with Crippen LogP contribution in [-0.4, -0.2) is 29.0 Å². The lowest BCUT2D eigenvalue weighted by Crippen LogP contribution is -2.56. The third-order valence-electron chi connectivity index (χ3n) is 6.19. The van der Waals surface area contributed by atoms with Gasteiger partial charge in [0.1, 0.15) is 11.4 Å². The van der Waals surface area contributed by atoms with Gasteiger partial charge in [-0.1, -0.05) is 55.5 Å². The van der Waals surface area contributed by atoms with Crippen molar-refractivity contribution in [3.05, 3.63) is 89.7 Å². The third kappa shape index (κ3) is 4.88. The van der Waals surface area contributed by atoms with Crippen LogP contribution >= 0.6 is 0 Å². The summed E-state index contributed by atoms with van der Waals surface area (Å²) in [5.74, 6) is 0.0933. The molecule has 0 spiro atoms. The molecule has 0 aromatic heterocycles. The molecule has 1 aliphatic rings. The molecule has 0 bridgehead atoms. The molecule has 1 unspecified atom stereocenters. The topological polar surface area (TPSA) is 67.9 Å². The monoisotopic (exact) mass is 462 g/mol. The minimum atomic E-state index is -1.23. The molecule has 7 heteroatoms. The van der Waals surface area contributed by atoms with Gasteiger partial charge in [0.15, 0.2) is 11.5 Å². The number of hydrogen-bond acceptors (Lipinski definition) is 4. The average Bonchev–Trinajstić information content (AvgIpc) is 3.31. The van der Waals surface area contributed by atoms with Crippen LogP contribution in [0.4, 0.5) is 10.1 Å². The van der Waals surface area contributed by atoms with Gasteiger partial charge in [0.2, 0.25) is 18.6 Å². The SMILES string of the molecule is CCC(C)(C(=O)Nc1ccc2c(c1)OCO2)N(Cc1ccccc1F)C(=O)Cc1ccccc1. The molecular weight excluding hydrogens is 435 g/mol. The fourth-order valence-corrected chi connectivity index (χ4v) is 3.91. The highest BCUT2D eigenvalue weighted by molar-refractivity contribution is 6.00. The van der Waals surface area contributed by atoms with Crippen molar-refractivity contribution in [3.63, 3.8) is 0 Å². The molecule has 1 heterocycles. The van der Waals surface area contributed by atoms with Gasteiger partial charge in [0, 0.05) is 23.9 Å². The van der Waals surface area contributed by atoms with Crippen LogP contribution in [0.1, 0.15) is 31.4 Å². The summed E-state index contributed by atoms with van der Waals surface area (Å²) in [5.41, 5.74) is 0.459. The first-order valence-corrected chi connectivity index (χ1v) is 11.2. The van der Waals surface area contributed by atoms with Gasteiger partial charge in [-0.05, 0) is 37.1 Å². The number of anilines is 1. The zero-order valence-corrected chi connectivity index (χ0v) is 19.2. The van der Waals surface area contributed by atoms with Crippen molar-refractivity contribution in [3.8, 4) is 11.5 Å². The van der Waals surface area contributed by atoms with Crippen molar-refractivity contribution < 1.29 is 23.5 Å². The molecule has 0 aliphatic carbocycles. The summed E-state index contributed by atoms with van der Waals surface area (Å²) in [5, 5.41) is 2.90. The summed E-state index contributed by atoms with van der Waals surface area (Å²) < 4.78 is 25.3. The smallest absolute Gasteiger partial charge is 0.250 e. The van der Waals surface area contributed by atoms with E-state index in [-0.39, 0.29) is 31.6 Å². The minimum absolute atomic E-state index is 0.0305. The van der Waals surface area contributed by atoms with E-state index in [2.05, 4.69) is 5.32 Å². The molecule has 0 saturated heterocycles. The number of nitrogens with zero attached hydrogens (tertiary/aromatic N) is 1. The van der Waals surface area contributed by atoms with Gasteiger partial charge >= 0.3 is 0 Å². The molecule has 0 radical (unpaired) electrons. The van der Waals surface area contributed by atoms with Crippen molar-refractivity contribution in [2.75, 3.05) is 12.1 Å². The number of ether oxygens (including phenoxy) is 2. The average molecular weight is 463 g/mol. The van der Waals surface area contributed by atoms with Crippen LogP contribution in [0.2, 0.25) is 0 Å². The van der Waals surface area contributed by atoms with Gasteiger partial charge in [0.25, 0.3) is 0 Å². The second kappa shape index (κ2) is 9.95. The quantitative estimate of drug-likeness (QED) is 0.515. The number of carbonyl (C=O) groups excluding carboxylic acids is 2. The van der Waals surface area contributed by atoms with E-state index >= 15 is 0 Å². The van der Waals surface area contributed by atoms with Gasteiger partial charge in [-0.3, -0.25) is 9.59 Å². The van der Waals surface area contributed by atoms with E-state index in [1.54, 1.807) is 43.3 Å². The molecule has 1 aliphatic heterocycles. The predicted octanol–water partition coefficient (Wildman–Crippen LogP) is 4.93. The number of amides is 2. The lowest BCUT2D eigenvalue weighted by molar-refractivity contribution is -0.145. The molecule has 2 amide bonds. The van der Waals surface area contributed by atoms with Gasteiger partial charge in [0.05, 0.1) is 6.42 Å². The van der Waals surface area contributed by atoms with Gasteiger partial charge in [-0.15, -0.1) is 0 Å². The Balaban J connectivity index is 1.64. The summed E-state index contributed by atoms with van der Waals surface area (Å²) in [6.45, 7) is 3.64. The molecule has 0 fully saturated rings. The van der Waals surface area contributed by atoms with Crippen LogP contribution in [0, 0.1) is 5.82 Å². The van der Waals surface area contributed by atoms with E-state index in [0.717, 1.165) is 5.56 Å². The van der Waals surface area contributed by atoms with E-state index < -0.39 is 11.4 Å². The lowest BCUT2D eigenvalue weighted by atomic mass is 9.92. The number of rotatable bonds is 8. The first-order chi connectivity index (χ1) is 16.4. The molecule has 3 aromatic carbocycles. The molecular formula is C27H27FN2O4. The molecule has 4 rings (SSSR count). The molecule has 1 atom stereocenters. The van der Waals surface area contributed by atoms with Gasteiger partial charge < -0.3 is 19.7 Å². The van der Waals surface area contributed by atoms with Crippen LogP contribution < -0.4 is 14.8 Å². The summed E-state index contributed by atoms with van der Waals surface area (Å²) in [6, 6.07) is 20.7. The number of hydrogen-bond donors (Lipinski definition) is 1. The van der Waals surface area contributed by atoms with Crippen molar-refractivity contribution in [2.24, 2.45) is 0 Å². The summed E-state index contributed by atoms with van der Waals surface area (Å²) in [7, 11) is 0. The van der Waals surface area contributed by atoms with Crippen molar-refractivity contribution >= 4 is 17.5 Å². The van der Waals surface area contributed by atoms with Crippen LogP contribution in [0.25, 0.3) is 0 Å². The van der Waals surface area contributed by atoms with Crippen molar-refractivity contribution in [1.82, 2.24) is 4.90 Å². The Kier molecular flexibility index (Phi) is 6.82. The lowest BCUT2D eigenvalue weighted by Gasteiger charge is -2.40. The van der Waals surface area contributed by atoms with Crippen LogP contribution in [0.5, 0.6) is 11.5 Å². The largest absolute Gasteiger partial charge is 0.454 e. The van der Waals surface area contributed by atoms with Crippen molar-refractivity contribution in [1.29, 1.82) is 0 Å². The van der Waals surface area contributed by atoms with E-state index in [4.69, 9.17) is 9.47 Å². The second-order valence-electron chi connectivity index (χ2n) is 8.38. The maximum atomic E-state index is 14.5. The molecule has 34 heavy (non-hydrogen) atoms. The zero-order valence-electron chi connectivity index (χ0n) is 19.2. The highest BCUT2D eigenvalue weighted by Gasteiger charge is 2.41. The Hall–Kier alpha value is -3.87. The highest BCUT2D eigenvalue weighted by atomic mass is 19.1. The Morgan fingerprint density at radius 2 is 1.71 bits per heavy atom. The summed E-state index contributed by atoms with van der Waals surface area (Å²) in [6.07, 6.45) is 0.431. The third-order valence-corrected chi connectivity index (χ3v) is 6.19. The Morgan fingerprint density at radius 3 is 2.44 bits per heavy atom. The highest BCUT2D eigenvalue weighted by Crippen LogP contribution is 2.35. The van der Waals surface area contributed by atoms with Crippen LogP contribution in [-0.2, 0) is 22.6 Å². The Labute approximate surface area is 198 Å². The fourth-order valence-electron chi connectivity index (χ4n) is 3.91. The standard InChI is InChI=1S/C27H27FN2O4/c1-3-27(2,26(32)29-21-13-14-23-24(16-21)34-18-33-23)30(17-20-11-7-8-12-22(20)28)25(31)15-19-9-5-4-6-10-19/h4-14,16H,3,15,17-18H2,1-2H3,(H,29,32). The second-order valence-corrected chi connectivity index (χ2v) is 8.38. The number of nitrogens with one attached hydrogen (secondary N) is 1. The molecule has 1 N–H and O–H groups in total. The molecule has 0 saturated carbocycles. The Morgan fingerprint density at radius 1 is 1.00 bits per heavy atom. The van der Waals surface area contributed by atoms with Crippen LogP contribution in [0.3, 0.4) is 0 Å². The molecule has 6 nitrogen and oxygen atoms in total. The minimum Gasteiger partial charge on any atom is -0.454 e. The zero-order chi connectivity index (χ0) is 24.1. The van der Waals surface area contributed by atoms with Gasteiger partial charge in [-0.25, -0.2) is 4.39 Å². The first-order valence-electron chi connectivity index (χ1n) is 11.2. The van der Waals surface area contributed by atoms with Crippen LogP contribution in [0.15, 0.2) is 72.8 Å². The summed E-state index contributed by atoms with van der Waals surface area (Å²) in [4.78, 5) is 28.6. The van der Waals surface area contributed by atoms with E-state index in [1.807, 2.05) is 37.3 Å². The number of halogens is 1. The number of fused-ring (bicyclic) bond motifs is 1. The maximum absolute atomic E-state index is 14.5. The predicted molar refractivity (Wildman–Crippen MR) is 127 cm³/mol. The number of benzene rings is 3. The van der Waals surface area contributed by atoms with Crippen molar-refractivity contribution in [2.45, 2.75) is 38.8 Å². The van der Waals surface area contributed by atoms with E-state index in [0.29, 0.717) is 29.2 Å². The fraction of sp³-hybridized carbons (Fsp3) is 0.259. The van der Waals surface area contributed by atoms with E-state index in [9.17, 15) is 14.0 Å². The molecule has 176 valence electrons.